The van der Waals surface area contributed by atoms with Crippen molar-refractivity contribution in [1.29, 1.82) is 0 Å². The summed E-state index contributed by atoms with van der Waals surface area (Å²) < 4.78 is 110. The molecular formula is C9H14F5NO6S2. The van der Waals surface area contributed by atoms with Gasteiger partial charge in [0.05, 0.1) is 5.41 Å². The number of halogens is 5. The molecule has 0 aliphatic rings. The first-order valence-corrected chi connectivity index (χ1v) is 8.76. The number of ether oxygens (including phenoxy) is 1. The molecule has 0 fully saturated rings. The lowest BCUT2D eigenvalue weighted by Crippen LogP contribution is -2.49. The number of hydrogen-bond donors (Lipinski definition) is 1. The van der Waals surface area contributed by atoms with Crippen molar-refractivity contribution in [1.82, 2.24) is 4.13 Å². The number of sulfonamides is 2. The van der Waals surface area contributed by atoms with Crippen molar-refractivity contribution in [2.45, 2.75) is 38.0 Å². The molecule has 0 saturated carbocycles. The average molecular weight is 391 g/mol. The minimum atomic E-state index is -6.57. The fourth-order valence-electron chi connectivity index (χ4n) is 0.819. The molecular weight excluding hydrogens is 377 g/mol. The normalized spacial score (nSPS) is 14.6. The molecule has 0 radical (unpaired) electrons. The van der Waals surface area contributed by atoms with E-state index < -0.39 is 48.8 Å². The highest BCUT2D eigenvalue weighted by molar-refractivity contribution is 8.05. The van der Waals surface area contributed by atoms with Gasteiger partial charge in [0.2, 0.25) is 0 Å². The zero-order valence-corrected chi connectivity index (χ0v) is 13.7. The largest absolute Gasteiger partial charge is 0.512 e. The highest BCUT2D eigenvalue weighted by Gasteiger charge is 2.55. The third-order valence-corrected chi connectivity index (χ3v) is 5.99. The molecule has 138 valence electrons. The third-order valence-electron chi connectivity index (χ3n) is 2.73. The molecule has 0 rings (SSSR count). The van der Waals surface area contributed by atoms with Gasteiger partial charge in [0.25, 0.3) is 10.0 Å². The average Bonchev–Trinajstić information content (AvgIpc) is 2.33. The zero-order valence-electron chi connectivity index (χ0n) is 12.1. The quantitative estimate of drug-likeness (QED) is 0.518. The number of nitrogens with one attached hydrogen (secondary N) is 1. The van der Waals surface area contributed by atoms with E-state index in [1.807, 2.05) is 0 Å². The number of rotatable bonds is 7. The van der Waals surface area contributed by atoms with Crippen molar-refractivity contribution >= 4 is 26.0 Å². The SMILES string of the molecule is CCC(C)(C)C(=O)OCC(F)(F)S(=O)(=O)NS(=O)(=O)C(F)(F)F. The molecule has 0 heterocycles. The molecule has 0 aliphatic carbocycles. The second kappa shape index (κ2) is 6.47. The van der Waals surface area contributed by atoms with Crippen molar-refractivity contribution in [3.63, 3.8) is 0 Å². The summed E-state index contributed by atoms with van der Waals surface area (Å²) in [4.78, 5) is 11.4. The van der Waals surface area contributed by atoms with Gasteiger partial charge in [-0.05, 0) is 20.3 Å². The van der Waals surface area contributed by atoms with E-state index >= 15 is 0 Å². The van der Waals surface area contributed by atoms with Gasteiger partial charge in [-0.3, -0.25) is 4.79 Å². The van der Waals surface area contributed by atoms with E-state index in [0.29, 0.717) is 0 Å². The molecule has 0 bridgehead atoms. The third kappa shape index (κ3) is 5.24. The molecule has 23 heavy (non-hydrogen) atoms. The van der Waals surface area contributed by atoms with Crippen LogP contribution in [-0.4, -0.2) is 40.2 Å². The van der Waals surface area contributed by atoms with E-state index in [1.54, 1.807) is 0 Å². The van der Waals surface area contributed by atoms with E-state index in [0.717, 1.165) is 0 Å². The van der Waals surface area contributed by atoms with Crippen LogP contribution in [0.5, 0.6) is 0 Å². The lowest BCUT2D eigenvalue weighted by Gasteiger charge is -2.23. The van der Waals surface area contributed by atoms with Crippen LogP contribution in [0.15, 0.2) is 0 Å². The minimum Gasteiger partial charge on any atom is -0.458 e. The van der Waals surface area contributed by atoms with Crippen LogP contribution in [0.25, 0.3) is 0 Å². The maximum absolute atomic E-state index is 13.4. The van der Waals surface area contributed by atoms with Crippen molar-refractivity contribution in [3.8, 4) is 0 Å². The van der Waals surface area contributed by atoms with E-state index in [2.05, 4.69) is 4.74 Å². The van der Waals surface area contributed by atoms with Crippen LogP contribution < -0.4 is 4.13 Å². The Morgan fingerprint density at radius 2 is 1.43 bits per heavy atom. The van der Waals surface area contributed by atoms with Crippen LogP contribution in [0.3, 0.4) is 0 Å². The molecule has 1 N–H and O–H groups in total. The van der Waals surface area contributed by atoms with E-state index in [-0.39, 0.29) is 10.5 Å². The van der Waals surface area contributed by atoms with Crippen molar-refractivity contribution in [2.24, 2.45) is 5.41 Å². The van der Waals surface area contributed by atoms with E-state index in [1.165, 1.54) is 20.8 Å². The highest BCUT2D eigenvalue weighted by Crippen LogP contribution is 2.28. The minimum absolute atomic E-state index is 0.133. The van der Waals surface area contributed by atoms with Crippen LogP contribution in [-0.2, 0) is 29.6 Å². The molecule has 0 amide bonds. The van der Waals surface area contributed by atoms with E-state index in [9.17, 15) is 43.6 Å². The zero-order chi connectivity index (χ0) is 18.9. The monoisotopic (exact) mass is 391 g/mol. The summed E-state index contributed by atoms with van der Waals surface area (Å²) in [5.74, 6) is -1.23. The first kappa shape index (κ1) is 22.0. The van der Waals surface area contributed by atoms with Gasteiger partial charge in [0.1, 0.15) is 0 Å². The molecule has 7 nitrogen and oxygen atoms in total. The van der Waals surface area contributed by atoms with Crippen LogP contribution in [0.1, 0.15) is 27.2 Å². The lowest BCUT2D eigenvalue weighted by molar-refractivity contribution is -0.159. The summed E-state index contributed by atoms with van der Waals surface area (Å²) in [7, 11) is -12.9. The Bertz CT molecular complexity index is 652. The topological polar surface area (TPSA) is 107 Å². The van der Waals surface area contributed by atoms with Crippen molar-refractivity contribution in [3.05, 3.63) is 0 Å². The van der Waals surface area contributed by atoms with Gasteiger partial charge in [-0.2, -0.15) is 22.0 Å². The maximum Gasteiger partial charge on any atom is 0.512 e. The molecule has 0 atom stereocenters. The predicted octanol–water partition coefficient (Wildman–Crippen LogP) is 1.33. The van der Waals surface area contributed by atoms with Gasteiger partial charge < -0.3 is 4.74 Å². The summed E-state index contributed by atoms with van der Waals surface area (Å²) in [5, 5.41) is -5.09. The first-order chi connectivity index (χ1) is 9.90. The first-order valence-electron chi connectivity index (χ1n) is 5.79. The summed E-state index contributed by atoms with van der Waals surface area (Å²) in [5.41, 5.74) is -7.36. The standard InChI is InChI=1S/C9H14F5NO6S2/c1-4-7(2,3)6(16)21-5-8(10,11)22(17,18)15-23(19,20)9(12,13)14/h15H,4-5H2,1-3H3. The second-order valence-electron chi connectivity index (χ2n) is 4.99. The van der Waals surface area contributed by atoms with Gasteiger partial charge >= 0.3 is 26.8 Å². The number of hydrogen-bond acceptors (Lipinski definition) is 6. The van der Waals surface area contributed by atoms with Gasteiger partial charge in [-0.25, -0.2) is 16.8 Å². The van der Waals surface area contributed by atoms with Crippen LogP contribution in [0.4, 0.5) is 22.0 Å². The molecule has 0 spiro atoms. The number of carbonyl (C=O) groups excluding carboxylic acids is 1. The van der Waals surface area contributed by atoms with Crippen molar-refractivity contribution < 1.29 is 48.3 Å². The van der Waals surface area contributed by atoms with Crippen LogP contribution in [0.2, 0.25) is 0 Å². The summed E-state index contributed by atoms with van der Waals surface area (Å²) >= 11 is 0. The summed E-state index contributed by atoms with van der Waals surface area (Å²) in [6.45, 7) is 1.97. The van der Waals surface area contributed by atoms with Crippen LogP contribution in [0, 0.1) is 5.41 Å². The molecule has 0 aromatic carbocycles. The number of carbonyl (C=O) groups is 1. The number of esters is 1. The molecule has 0 unspecified atom stereocenters. The Morgan fingerprint density at radius 1 is 1.00 bits per heavy atom. The molecule has 0 aliphatic heterocycles. The predicted molar refractivity (Wildman–Crippen MR) is 67.0 cm³/mol. The Kier molecular flexibility index (Phi) is 6.18. The Morgan fingerprint density at radius 3 is 1.78 bits per heavy atom. The van der Waals surface area contributed by atoms with Crippen molar-refractivity contribution in [2.75, 3.05) is 6.61 Å². The van der Waals surface area contributed by atoms with E-state index in [4.69, 9.17) is 0 Å². The number of alkyl halides is 5. The smallest absolute Gasteiger partial charge is 0.458 e. The fraction of sp³-hybridized carbons (Fsp3) is 0.889. The summed E-state index contributed by atoms with van der Waals surface area (Å²) in [6.07, 6.45) is 0.144. The van der Waals surface area contributed by atoms with Gasteiger partial charge in [-0.1, -0.05) is 11.1 Å². The Labute approximate surface area is 129 Å². The molecule has 0 aromatic heterocycles. The Hall–Kier alpha value is -1.02. The van der Waals surface area contributed by atoms with Crippen LogP contribution >= 0.6 is 0 Å². The molecule has 14 heteroatoms. The van der Waals surface area contributed by atoms with Gasteiger partial charge in [-0.15, -0.1) is 0 Å². The lowest BCUT2D eigenvalue weighted by atomic mass is 9.91. The Balaban J connectivity index is 5.25. The molecule has 0 aromatic rings. The highest BCUT2D eigenvalue weighted by atomic mass is 32.3. The van der Waals surface area contributed by atoms with Gasteiger partial charge in [0.15, 0.2) is 6.61 Å². The molecule has 0 saturated heterocycles. The van der Waals surface area contributed by atoms with Gasteiger partial charge in [0, 0.05) is 0 Å². The summed E-state index contributed by atoms with van der Waals surface area (Å²) in [6, 6.07) is 0. The second-order valence-corrected chi connectivity index (χ2v) is 8.73. The fourth-order valence-corrected chi connectivity index (χ4v) is 3.05. The maximum atomic E-state index is 13.4.